The molecule has 150 valence electrons. The highest BCUT2D eigenvalue weighted by Gasteiger charge is 2.29. The molecule has 1 atom stereocenters. The second-order valence-corrected chi connectivity index (χ2v) is 8.98. The van der Waals surface area contributed by atoms with Crippen molar-refractivity contribution in [3.05, 3.63) is 53.7 Å². The van der Waals surface area contributed by atoms with Crippen molar-refractivity contribution in [1.82, 2.24) is 4.98 Å². The van der Waals surface area contributed by atoms with Gasteiger partial charge in [0.25, 0.3) is 15.9 Å². The number of halogens is 1. The molecule has 0 aliphatic carbocycles. The molecular weight excluding hydrogens is 417 g/mol. The van der Waals surface area contributed by atoms with E-state index in [1.807, 2.05) is 0 Å². The number of benzene rings is 2. The Kier molecular flexibility index (Phi) is 4.75. The van der Waals surface area contributed by atoms with E-state index in [4.69, 9.17) is 4.74 Å². The van der Waals surface area contributed by atoms with Crippen molar-refractivity contribution in [2.45, 2.75) is 17.9 Å². The summed E-state index contributed by atoms with van der Waals surface area (Å²) < 4.78 is 45.9. The van der Waals surface area contributed by atoms with Crippen LogP contribution in [0.15, 0.2) is 52.7 Å². The smallest absolute Gasteiger partial charge is 0.267 e. The van der Waals surface area contributed by atoms with E-state index in [1.54, 1.807) is 37.6 Å². The van der Waals surface area contributed by atoms with Crippen LogP contribution in [-0.4, -0.2) is 32.5 Å². The number of anilines is 2. The summed E-state index contributed by atoms with van der Waals surface area (Å²) in [4.78, 5) is 17.9. The van der Waals surface area contributed by atoms with Gasteiger partial charge in [-0.3, -0.25) is 9.52 Å². The van der Waals surface area contributed by atoms with E-state index < -0.39 is 21.9 Å². The molecule has 1 aliphatic rings. The van der Waals surface area contributed by atoms with E-state index in [0.29, 0.717) is 22.7 Å². The highest BCUT2D eigenvalue weighted by Crippen LogP contribution is 2.37. The lowest BCUT2D eigenvalue weighted by atomic mass is 10.1. The number of amides is 1. The minimum absolute atomic E-state index is 0.0594. The van der Waals surface area contributed by atoms with Crippen LogP contribution in [0, 0.1) is 5.82 Å². The molecule has 0 bridgehead atoms. The van der Waals surface area contributed by atoms with Crippen LogP contribution < -0.4 is 14.4 Å². The number of nitrogens with zero attached hydrogens (tertiary/aromatic N) is 2. The van der Waals surface area contributed by atoms with Crippen molar-refractivity contribution < 1.29 is 22.3 Å². The van der Waals surface area contributed by atoms with Crippen molar-refractivity contribution >= 4 is 38.1 Å². The Morgan fingerprint density at radius 1 is 1.21 bits per heavy atom. The lowest BCUT2D eigenvalue weighted by Crippen LogP contribution is -2.41. The van der Waals surface area contributed by atoms with Crippen LogP contribution in [0.5, 0.6) is 5.75 Å². The average molecular weight is 433 g/mol. The third-order valence-electron chi connectivity index (χ3n) is 4.45. The summed E-state index contributed by atoms with van der Waals surface area (Å²) in [5.41, 5.74) is 1.88. The van der Waals surface area contributed by atoms with E-state index in [9.17, 15) is 17.6 Å². The van der Waals surface area contributed by atoms with Crippen LogP contribution in [0.2, 0.25) is 0 Å². The molecule has 2 heterocycles. The van der Waals surface area contributed by atoms with Gasteiger partial charge >= 0.3 is 0 Å². The first kappa shape index (κ1) is 19.3. The number of carbonyl (C=O) groups is 1. The molecule has 4 rings (SSSR count). The largest absolute Gasteiger partial charge is 0.479 e. The number of hydrogen-bond donors (Lipinski definition) is 1. The van der Waals surface area contributed by atoms with Crippen molar-refractivity contribution in [3.8, 4) is 17.0 Å². The van der Waals surface area contributed by atoms with Gasteiger partial charge in [0.05, 0.1) is 16.3 Å². The van der Waals surface area contributed by atoms with Gasteiger partial charge < -0.3 is 9.64 Å². The maximum Gasteiger partial charge on any atom is 0.267 e. The molecule has 0 saturated heterocycles. The number of rotatable bonds is 4. The van der Waals surface area contributed by atoms with Crippen LogP contribution in [0.4, 0.5) is 15.2 Å². The molecule has 3 aromatic rings. The molecule has 0 radical (unpaired) electrons. The minimum atomic E-state index is -3.88. The number of likely N-dealkylation sites (N-methyl/N-ethyl adjacent to an activating group) is 1. The first-order chi connectivity index (χ1) is 13.7. The number of nitrogens with one attached hydrogen (secondary N) is 1. The highest BCUT2D eigenvalue weighted by molar-refractivity contribution is 7.93. The van der Waals surface area contributed by atoms with Gasteiger partial charge in [0.2, 0.25) is 0 Å². The quantitative estimate of drug-likeness (QED) is 0.680. The minimum Gasteiger partial charge on any atom is -0.479 e. The SMILES string of the molecule is CC1Oc2ccc(-c3csc(NS(=O)(=O)c4ccc(F)cc4)n3)cc2N(C)C1=O. The summed E-state index contributed by atoms with van der Waals surface area (Å²) in [6, 6.07) is 9.85. The van der Waals surface area contributed by atoms with E-state index in [-0.39, 0.29) is 15.9 Å². The van der Waals surface area contributed by atoms with Crippen molar-refractivity contribution in [1.29, 1.82) is 0 Å². The van der Waals surface area contributed by atoms with Gasteiger partial charge in [-0.1, -0.05) is 0 Å². The van der Waals surface area contributed by atoms with E-state index in [1.165, 1.54) is 17.0 Å². The molecule has 1 N–H and O–H groups in total. The highest BCUT2D eigenvalue weighted by atomic mass is 32.2. The number of carbonyl (C=O) groups excluding carboxylic acids is 1. The number of aromatic nitrogens is 1. The Labute approximate surface area is 170 Å². The lowest BCUT2D eigenvalue weighted by Gasteiger charge is -2.30. The molecule has 29 heavy (non-hydrogen) atoms. The Bertz CT molecular complexity index is 1190. The number of thiazole rings is 1. The molecule has 2 aromatic carbocycles. The molecule has 1 amide bonds. The molecule has 1 aliphatic heterocycles. The monoisotopic (exact) mass is 433 g/mol. The molecule has 1 unspecified atom stereocenters. The predicted octanol–water partition coefficient (Wildman–Crippen LogP) is 3.49. The van der Waals surface area contributed by atoms with Crippen molar-refractivity contribution in [2.24, 2.45) is 0 Å². The molecular formula is C19H16FN3O4S2. The Morgan fingerprint density at radius 2 is 1.93 bits per heavy atom. The fourth-order valence-corrected chi connectivity index (χ4v) is 4.88. The van der Waals surface area contributed by atoms with Crippen molar-refractivity contribution in [3.63, 3.8) is 0 Å². The molecule has 10 heteroatoms. The molecule has 7 nitrogen and oxygen atoms in total. The zero-order valence-corrected chi connectivity index (χ0v) is 17.1. The third-order valence-corrected chi connectivity index (χ3v) is 6.69. The number of fused-ring (bicyclic) bond motifs is 1. The Morgan fingerprint density at radius 3 is 2.66 bits per heavy atom. The lowest BCUT2D eigenvalue weighted by molar-refractivity contribution is -0.125. The van der Waals surface area contributed by atoms with Gasteiger partial charge in [-0.05, 0) is 49.4 Å². The maximum atomic E-state index is 13.0. The topological polar surface area (TPSA) is 88.6 Å². The van der Waals surface area contributed by atoms with E-state index in [0.717, 1.165) is 23.5 Å². The first-order valence-corrected chi connectivity index (χ1v) is 10.9. The first-order valence-electron chi connectivity index (χ1n) is 8.57. The summed E-state index contributed by atoms with van der Waals surface area (Å²) in [5.74, 6) is -0.0776. The summed E-state index contributed by atoms with van der Waals surface area (Å²) in [7, 11) is -2.20. The van der Waals surface area contributed by atoms with Gasteiger partial charge in [-0.2, -0.15) is 0 Å². The van der Waals surface area contributed by atoms with E-state index >= 15 is 0 Å². The van der Waals surface area contributed by atoms with Crippen LogP contribution >= 0.6 is 11.3 Å². The van der Waals surface area contributed by atoms with Gasteiger partial charge in [0.1, 0.15) is 11.6 Å². The molecule has 0 saturated carbocycles. The number of hydrogen-bond acceptors (Lipinski definition) is 6. The van der Waals surface area contributed by atoms with E-state index in [2.05, 4.69) is 9.71 Å². The Balaban J connectivity index is 1.60. The van der Waals surface area contributed by atoms with Crippen molar-refractivity contribution in [2.75, 3.05) is 16.7 Å². The summed E-state index contributed by atoms with van der Waals surface area (Å²) >= 11 is 1.12. The Hall–Kier alpha value is -2.98. The average Bonchev–Trinajstić information content (AvgIpc) is 3.14. The standard InChI is InChI=1S/C19H16FN3O4S2/c1-11-18(24)23(2)16-9-12(3-8-17(16)27-11)15-10-28-19(21-15)22-29(25,26)14-6-4-13(20)5-7-14/h3-11H,1-2H3,(H,21,22). The fraction of sp³-hybridized carbons (Fsp3) is 0.158. The third kappa shape index (κ3) is 3.68. The second-order valence-electron chi connectivity index (χ2n) is 6.44. The molecule has 1 aromatic heterocycles. The van der Waals surface area contributed by atoms with Gasteiger partial charge in [-0.15, -0.1) is 11.3 Å². The van der Waals surface area contributed by atoms with Gasteiger partial charge in [0.15, 0.2) is 11.2 Å². The second kappa shape index (κ2) is 7.12. The zero-order chi connectivity index (χ0) is 20.8. The van der Waals surface area contributed by atoms with Crippen LogP contribution in [0.25, 0.3) is 11.3 Å². The maximum absolute atomic E-state index is 13.0. The fourth-order valence-electron chi connectivity index (χ4n) is 2.91. The number of sulfonamides is 1. The van der Waals surface area contributed by atoms with Gasteiger partial charge in [0, 0.05) is 18.0 Å². The van der Waals surface area contributed by atoms with Crippen LogP contribution in [0.1, 0.15) is 6.92 Å². The summed E-state index contributed by atoms with van der Waals surface area (Å²) in [6.45, 7) is 1.69. The summed E-state index contributed by atoms with van der Waals surface area (Å²) in [5, 5.41) is 1.88. The van der Waals surface area contributed by atoms with Crippen LogP contribution in [-0.2, 0) is 14.8 Å². The molecule has 0 fully saturated rings. The normalized spacial score (nSPS) is 16.3. The molecule has 0 spiro atoms. The summed E-state index contributed by atoms with van der Waals surface area (Å²) in [6.07, 6.45) is -0.551. The number of ether oxygens (including phenoxy) is 1. The predicted molar refractivity (Wildman–Crippen MR) is 108 cm³/mol. The van der Waals surface area contributed by atoms with Crippen LogP contribution in [0.3, 0.4) is 0 Å². The van der Waals surface area contributed by atoms with Gasteiger partial charge in [-0.25, -0.2) is 17.8 Å². The zero-order valence-electron chi connectivity index (χ0n) is 15.4.